The zero-order valence-electron chi connectivity index (χ0n) is 19.6. The predicted octanol–water partition coefficient (Wildman–Crippen LogP) is 5.35. The fraction of sp³-hybridized carbons (Fsp3) is 0.926. The number of allylic oxidation sites excluding steroid dienone is 1. The Morgan fingerprint density at radius 1 is 1.20 bits per heavy atom. The van der Waals surface area contributed by atoms with Gasteiger partial charge >= 0.3 is 0 Å². The summed E-state index contributed by atoms with van der Waals surface area (Å²) in [5.41, 5.74) is 2.33. The lowest BCUT2D eigenvalue weighted by Crippen LogP contribution is -2.51. The van der Waals surface area contributed by atoms with E-state index < -0.39 is 0 Å². The van der Waals surface area contributed by atoms with Crippen LogP contribution in [-0.2, 0) is 4.74 Å². The van der Waals surface area contributed by atoms with Gasteiger partial charge in [-0.25, -0.2) is 0 Å². The largest absolute Gasteiger partial charge is 0.396 e. The fourth-order valence-electron chi connectivity index (χ4n) is 9.20. The minimum atomic E-state index is -0.111. The van der Waals surface area contributed by atoms with Crippen molar-refractivity contribution in [2.45, 2.75) is 104 Å². The van der Waals surface area contributed by atoms with Crippen LogP contribution < -0.4 is 0 Å². The molecule has 2 N–H and O–H groups in total. The summed E-state index contributed by atoms with van der Waals surface area (Å²) < 4.78 is 6.75. The standard InChI is InChI=1S/C27H44O3/c1-16(15-28)5-8-23-17(2)25-24(30-23)14-22-20-7-6-18-13-19(29)9-11-26(18,3)21(20)10-12-27(22,25)4/h6,16-17,19-25,28-29H,5,7-15H2,1-4H3/t16-,17-,19?,20?,21+,22?,23?,24?,25?,26?,27?/m1/s1. The van der Waals surface area contributed by atoms with Crippen molar-refractivity contribution in [3.05, 3.63) is 11.6 Å². The first-order valence-electron chi connectivity index (χ1n) is 12.9. The Morgan fingerprint density at radius 3 is 2.77 bits per heavy atom. The molecule has 0 radical (unpaired) electrons. The van der Waals surface area contributed by atoms with Crippen molar-refractivity contribution < 1.29 is 14.9 Å². The van der Waals surface area contributed by atoms with Crippen molar-refractivity contribution in [2.24, 2.45) is 46.3 Å². The number of hydrogen-bond donors (Lipinski definition) is 2. The Morgan fingerprint density at radius 2 is 2.00 bits per heavy atom. The van der Waals surface area contributed by atoms with E-state index in [1.165, 1.54) is 32.1 Å². The molecule has 5 aliphatic rings. The SMILES string of the molecule is C[C@@H](CO)CCC1OC2CC3C4CC=C5CC(O)CCC5(C)[C@H]4CCC3(C)C2[C@@H]1C. The van der Waals surface area contributed by atoms with E-state index in [0.29, 0.717) is 47.4 Å². The maximum atomic E-state index is 10.2. The maximum absolute atomic E-state index is 10.2. The monoisotopic (exact) mass is 416 g/mol. The summed E-state index contributed by atoms with van der Waals surface area (Å²) in [5.74, 6) is 4.15. The Bertz CT molecular complexity index is 688. The summed E-state index contributed by atoms with van der Waals surface area (Å²) in [7, 11) is 0. The van der Waals surface area contributed by atoms with E-state index in [-0.39, 0.29) is 6.10 Å². The third-order valence-electron chi connectivity index (χ3n) is 10.9. The second-order valence-corrected chi connectivity index (χ2v) is 12.4. The van der Waals surface area contributed by atoms with E-state index in [0.717, 1.165) is 43.4 Å². The van der Waals surface area contributed by atoms with Gasteiger partial charge in [0.2, 0.25) is 0 Å². The van der Waals surface area contributed by atoms with Gasteiger partial charge in [-0.2, -0.15) is 0 Å². The van der Waals surface area contributed by atoms with E-state index in [4.69, 9.17) is 4.74 Å². The molecule has 4 fully saturated rings. The van der Waals surface area contributed by atoms with Crippen molar-refractivity contribution in [2.75, 3.05) is 6.61 Å². The lowest BCUT2D eigenvalue weighted by atomic mass is 9.47. The number of aliphatic hydroxyl groups is 2. The highest BCUT2D eigenvalue weighted by Crippen LogP contribution is 2.69. The summed E-state index contributed by atoms with van der Waals surface area (Å²) in [6, 6.07) is 0. The third-order valence-corrected chi connectivity index (χ3v) is 10.9. The van der Waals surface area contributed by atoms with Gasteiger partial charge in [-0.1, -0.05) is 39.3 Å². The van der Waals surface area contributed by atoms with Gasteiger partial charge in [-0.15, -0.1) is 0 Å². The minimum absolute atomic E-state index is 0.111. The quantitative estimate of drug-likeness (QED) is 0.608. The summed E-state index contributed by atoms with van der Waals surface area (Å²) in [5, 5.41) is 19.6. The van der Waals surface area contributed by atoms with Crippen LogP contribution in [0, 0.1) is 46.3 Å². The second kappa shape index (κ2) is 7.59. The van der Waals surface area contributed by atoms with Gasteiger partial charge in [0.15, 0.2) is 0 Å². The fourth-order valence-corrected chi connectivity index (χ4v) is 9.20. The first kappa shape index (κ1) is 21.5. The molecule has 3 nitrogen and oxygen atoms in total. The highest BCUT2D eigenvalue weighted by atomic mass is 16.5. The molecule has 1 saturated heterocycles. The van der Waals surface area contributed by atoms with E-state index in [9.17, 15) is 10.2 Å². The third kappa shape index (κ3) is 3.09. The predicted molar refractivity (Wildman–Crippen MR) is 120 cm³/mol. The molecule has 0 aromatic rings. The number of rotatable bonds is 4. The van der Waals surface area contributed by atoms with Crippen molar-refractivity contribution >= 4 is 0 Å². The molecule has 0 bridgehead atoms. The zero-order valence-corrected chi connectivity index (χ0v) is 19.6. The first-order valence-corrected chi connectivity index (χ1v) is 12.9. The molecule has 0 spiro atoms. The molecule has 3 saturated carbocycles. The Kier molecular flexibility index (Phi) is 5.43. The zero-order chi connectivity index (χ0) is 21.3. The van der Waals surface area contributed by atoms with Crippen LogP contribution in [0.1, 0.15) is 85.5 Å². The summed E-state index contributed by atoms with van der Waals surface area (Å²) in [6.07, 6.45) is 13.8. The van der Waals surface area contributed by atoms with Crippen molar-refractivity contribution in [3.63, 3.8) is 0 Å². The molecule has 170 valence electrons. The molecule has 0 amide bonds. The van der Waals surface area contributed by atoms with Crippen LogP contribution >= 0.6 is 0 Å². The maximum Gasteiger partial charge on any atom is 0.0618 e. The van der Waals surface area contributed by atoms with Crippen molar-refractivity contribution in [1.29, 1.82) is 0 Å². The van der Waals surface area contributed by atoms with Crippen LogP contribution in [0.4, 0.5) is 0 Å². The van der Waals surface area contributed by atoms with Gasteiger partial charge in [-0.3, -0.25) is 0 Å². The van der Waals surface area contributed by atoms with Crippen LogP contribution in [-0.4, -0.2) is 35.1 Å². The molecule has 1 heterocycles. The Balaban J connectivity index is 1.34. The second-order valence-electron chi connectivity index (χ2n) is 12.4. The number of ether oxygens (including phenoxy) is 1. The van der Waals surface area contributed by atoms with Crippen LogP contribution in [0.2, 0.25) is 0 Å². The first-order chi connectivity index (χ1) is 14.3. The molecule has 0 aromatic heterocycles. The van der Waals surface area contributed by atoms with Gasteiger partial charge in [0.25, 0.3) is 0 Å². The minimum Gasteiger partial charge on any atom is -0.396 e. The Hall–Kier alpha value is -0.380. The van der Waals surface area contributed by atoms with Gasteiger partial charge in [0, 0.05) is 6.61 Å². The Labute approximate surface area is 183 Å². The van der Waals surface area contributed by atoms with Crippen LogP contribution in [0.3, 0.4) is 0 Å². The normalized spacial score (nSPS) is 53.3. The smallest absolute Gasteiger partial charge is 0.0618 e. The van der Waals surface area contributed by atoms with Crippen LogP contribution in [0.15, 0.2) is 11.6 Å². The van der Waals surface area contributed by atoms with Gasteiger partial charge in [0.05, 0.1) is 18.3 Å². The van der Waals surface area contributed by atoms with Gasteiger partial charge in [-0.05, 0) is 104 Å². The molecular weight excluding hydrogens is 372 g/mol. The highest BCUT2D eigenvalue weighted by Gasteiger charge is 2.64. The molecule has 8 unspecified atom stereocenters. The van der Waals surface area contributed by atoms with Crippen LogP contribution in [0.5, 0.6) is 0 Å². The summed E-state index contributed by atoms with van der Waals surface area (Å²) in [6.45, 7) is 10.0. The number of fused-ring (bicyclic) bond motifs is 7. The molecule has 3 heteroatoms. The molecule has 5 rings (SSSR count). The lowest BCUT2D eigenvalue weighted by molar-refractivity contribution is -0.0590. The lowest BCUT2D eigenvalue weighted by Gasteiger charge is -2.58. The number of aliphatic hydroxyl groups excluding tert-OH is 2. The number of hydrogen-bond acceptors (Lipinski definition) is 3. The average molecular weight is 417 g/mol. The topological polar surface area (TPSA) is 49.7 Å². The molecule has 1 aliphatic heterocycles. The van der Waals surface area contributed by atoms with Crippen molar-refractivity contribution in [1.82, 2.24) is 0 Å². The average Bonchev–Trinajstić information content (AvgIpc) is 3.20. The highest BCUT2D eigenvalue weighted by molar-refractivity contribution is 5.26. The van der Waals surface area contributed by atoms with Gasteiger partial charge < -0.3 is 14.9 Å². The van der Waals surface area contributed by atoms with E-state index in [1.54, 1.807) is 5.57 Å². The van der Waals surface area contributed by atoms with Gasteiger partial charge in [0.1, 0.15) is 0 Å². The van der Waals surface area contributed by atoms with Crippen molar-refractivity contribution in [3.8, 4) is 0 Å². The molecule has 4 aliphatic carbocycles. The molecular formula is C27H44O3. The molecule has 11 atom stereocenters. The molecule has 30 heavy (non-hydrogen) atoms. The van der Waals surface area contributed by atoms with E-state index >= 15 is 0 Å². The van der Waals surface area contributed by atoms with Crippen LogP contribution in [0.25, 0.3) is 0 Å². The molecule has 0 aromatic carbocycles. The summed E-state index contributed by atoms with van der Waals surface area (Å²) >= 11 is 0. The van der Waals surface area contributed by atoms with E-state index in [1.807, 2.05) is 0 Å². The summed E-state index contributed by atoms with van der Waals surface area (Å²) in [4.78, 5) is 0. The van der Waals surface area contributed by atoms with E-state index in [2.05, 4.69) is 33.8 Å².